The molecule has 0 radical (unpaired) electrons. The van der Waals surface area contributed by atoms with Crippen molar-refractivity contribution in [2.24, 2.45) is 0 Å². The summed E-state index contributed by atoms with van der Waals surface area (Å²) in [5.41, 5.74) is -0.324. The van der Waals surface area contributed by atoms with E-state index in [1.165, 1.54) is 19.2 Å². The van der Waals surface area contributed by atoms with Gasteiger partial charge in [-0.2, -0.15) is 0 Å². The van der Waals surface area contributed by atoms with E-state index < -0.39 is 26.9 Å². The number of methoxy groups -OCH3 is 1. The Kier molecular flexibility index (Phi) is 7.42. The van der Waals surface area contributed by atoms with E-state index in [1.807, 2.05) is 7.05 Å². The molecule has 1 atom stereocenters. The van der Waals surface area contributed by atoms with Gasteiger partial charge in [0, 0.05) is 18.2 Å². The summed E-state index contributed by atoms with van der Waals surface area (Å²) in [6, 6.07) is 2.57. The Hall–Kier alpha value is -2.40. The van der Waals surface area contributed by atoms with Gasteiger partial charge in [0.15, 0.2) is 0 Å². The van der Waals surface area contributed by atoms with E-state index in [2.05, 4.69) is 10.2 Å². The lowest BCUT2D eigenvalue weighted by Crippen LogP contribution is -2.53. The van der Waals surface area contributed by atoms with Crippen LogP contribution in [0.5, 0.6) is 5.75 Å². The molecule has 10 nitrogen and oxygen atoms in total. The van der Waals surface area contributed by atoms with E-state index in [-0.39, 0.29) is 29.6 Å². The van der Waals surface area contributed by atoms with Crippen LogP contribution in [0, 0.1) is 10.1 Å². The maximum atomic E-state index is 13.0. The molecule has 1 aromatic rings. The number of likely N-dealkylation sites (tertiary alicyclic amines) is 1. The highest BCUT2D eigenvalue weighted by Crippen LogP contribution is 2.35. The second kappa shape index (κ2) is 9.40. The molecule has 1 heterocycles. The molecule has 0 spiro atoms. The third-order valence-corrected chi connectivity index (χ3v) is 6.17. The van der Waals surface area contributed by atoms with Crippen LogP contribution < -0.4 is 14.4 Å². The summed E-state index contributed by atoms with van der Waals surface area (Å²) in [5.74, 6) is -0.299. The number of rotatable bonds is 8. The normalized spacial score (nSPS) is 16.8. The molecule has 162 valence electrons. The van der Waals surface area contributed by atoms with Crippen molar-refractivity contribution in [2.45, 2.75) is 38.3 Å². The summed E-state index contributed by atoms with van der Waals surface area (Å²) in [6.07, 6.45) is 2.71. The van der Waals surface area contributed by atoms with Crippen molar-refractivity contribution in [1.82, 2.24) is 10.2 Å². The fourth-order valence-corrected chi connectivity index (χ4v) is 4.66. The van der Waals surface area contributed by atoms with Gasteiger partial charge in [-0.15, -0.1) is 0 Å². The van der Waals surface area contributed by atoms with Gasteiger partial charge in [0.05, 0.1) is 18.3 Å². The van der Waals surface area contributed by atoms with Crippen molar-refractivity contribution in [2.75, 3.05) is 37.8 Å². The van der Waals surface area contributed by atoms with Crippen molar-refractivity contribution in [3.63, 3.8) is 0 Å². The fraction of sp³-hybridized carbons (Fsp3) is 0.611. The van der Waals surface area contributed by atoms with Crippen LogP contribution in [0.25, 0.3) is 0 Å². The Bertz CT molecular complexity index is 852. The zero-order valence-corrected chi connectivity index (χ0v) is 17.9. The molecule has 2 rings (SSSR count). The number of nitro groups is 1. The number of amides is 1. The topological polar surface area (TPSA) is 122 Å². The molecule has 1 aromatic carbocycles. The lowest BCUT2D eigenvalue weighted by molar-refractivity contribution is -0.384. The monoisotopic (exact) mass is 428 g/mol. The Morgan fingerprint density at radius 2 is 2.03 bits per heavy atom. The molecular weight excluding hydrogens is 400 g/mol. The summed E-state index contributed by atoms with van der Waals surface area (Å²) in [4.78, 5) is 25.7. The highest BCUT2D eigenvalue weighted by molar-refractivity contribution is 7.92. The van der Waals surface area contributed by atoms with Gasteiger partial charge in [-0.3, -0.25) is 19.2 Å². The molecule has 1 N–H and O–H groups in total. The highest BCUT2D eigenvalue weighted by atomic mass is 32.2. The lowest BCUT2D eigenvalue weighted by Gasteiger charge is -2.34. The SMILES string of the molecule is CCC(C(=O)NC1CCN(C)CC1)N(c1cc([N+](=O)[O-])ccc1OC)S(C)(=O)=O. The molecule has 29 heavy (non-hydrogen) atoms. The molecule has 0 saturated carbocycles. The molecule has 1 fully saturated rings. The van der Waals surface area contributed by atoms with Crippen molar-refractivity contribution in [1.29, 1.82) is 0 Å². The zero-order chi connectivity index (χ0) is 21.8. The highest BCUT2D eigenvalue weighted by Gasteiger charge is 2.35. The minimum absolute atomic E-state index is 0.0328. The van der Waals surface area contributed by atoms with E-state index in [4.69, 9.17) is 4.74 Å². The second-order valence-electron chi connectivity index (χ2n) is 7.18. The third kappa shape index (κ3) is 5.57. The van der Waals surface area contributed by atoms with Gasteiger partial charge < -0.3 is 15.0 Å². The van der Waals surface area contributed by atoms with Gasteiger partial charge in [0.1, 0.15) is 17.5 Å². The fourth-order valence-electron chi connectivity index (χ4n) is 3.45. The van der Waals surface area contributed by atoms with Crippen molar-refractivity contribution >= 4 is 27.3 Å². The number of benzene rings is 1. The number of anilines is 1. The average Bonchev–Trinajstić information content (AvgIpc) is 2.66. The first-order chi connectivity index (χ1) is 13.6. The number of piperidine rings is 1. The quantitative estimate of drug-likeness (QED) is 0.490. The van der Waals surface area contributed by atoms with Gasteiger partial charge in [0.25, 0.3) is 5.69 Å². The van der Waals surface area contributed by atoms with E-state index >= 15 is 0 Å². The number of sulfonamides is 1. The predicted octanol–water partition coefficient (Wildman–Crippen LogP) is 1.36. The van der Waals surface area contributed by atoms with E-state index in [0.29, 0.717) is 0 Å². The second-order valence-corrected chi connectivity index (χ2v) is 9.04. The maximum absolute atomic E-state index is 13.0. The molecule has 1 aliphatic rings. The number of carbonyl (C=O) groups is 1. The molecule has 0 bridgehead atoms. The van der Waals surface area contributed by atoms with Crippen LogP contribution in [0.1, 0.15) is 26.2 Å². The van der Waals surface area contributed by atoms with Gasteiger partial charge in [-0.1, -0.05) is 6.92 Å². The van der Waals surface area contributed by atoms with E-state index in [9.17, 15) is 23.3 Å². The predicted molar refractivity (Wildman–Crippen MR) is 110 cm³/mol. The van der Waals surface area contributed by atoms with Gasteiger partial charge in [0.2, 0.25) is 15.9 Å². The summed E-state index contributed by atoms with van der Waals surface area (Å²) >= 11 is 0. The van der Waals surface area contributed by atoms with Gasteiger partial charge in [-0.05, 0) is 45.5 Å². The van der Waals surface area contributed by atoms with Crippen LogP contribution in [-0.4, -0.2) is 69.7 Å². The minimum atomic E-state index is -3.94. The number of non-ortho nitro benzene ring substituents is 1. The van der Waals surface area contributed by atoms with Crippen LogP contribution in [0.4, 0.5) is 11.4 Å². The Morgan fingerprint density at radius 3 is 2.52 bits per heavy atom. The first-order valence-electron chi connectivity index (χ1n) is 9.39. The lowest BCUT2D eigenvalue weighted by atomic mass is 10.0. The molecule has 11 heteroatoms. The number of carbonyl (C=O) groups excluding carboxylic acids is 1. The number of nitro benzene ring substituents is 1. The smallest absolute Gasteiger partial charge is 0.271 e. The molecule has 1 aliphatic heterocycles. The summed E-state index contributed by atoms with van der Waals surface area (Å²) in [7, 11) is -0.592. The molecule has 1 saturated heterocycles. The average molecular weight is 429 g/mol. The number of hydrogen-bond donors (Lipinski definition) is 1. The number of nitrogens with one attached hydrogen (secondary N) is 1. The van der Waals surface area contributed by atoms with Crippen LogP contribution in [0.3, 0.4) is 0 Å². The maximum Gasteiger partial charge on any atom is 0.271 e. The summed E-state index contributed by atoms with van der Waals surface area (Å²) in [6.45, 7) is 3.38. The van der Waals surface area contributed by atoms with Crippen molar-refractivity contribution < 1.29 is 22.9 Å². The van der Waals surface area contributed by atoms with E-state index in [0.717, 1.165) is 42.6 Å². The van der Waals surface area contributed by atoms with Crippen molar-refractivity contribution in [3.05, 3.63) is 28.3 Å². The third-order valence-electron chi connectivity index (χ3n) is 5.01. The Balaban J connectivity index is 2.41. The molecule has 0 aliphatic carbocycles. The standard InChI is InChI=1S/C18H28N4O6S/c1-5-15(18(23)19-13-8-10-20(2)11-9-13)21(29(4,26)27)16-12-14(22(24)25)6-7-17(16)28-3/h6-7,12-13,15H,5,8-11H2,1-4H3,(H,19,23). The molecule has 0 aromatic heterocycles. The number of ether oxygens (including phenoxy) is 1. The van der Waals surface area contributed by atoms with Gasteiger partial charge in [-0.25, -0.2) is 8.42 Å². The minimum Gasteiger partial charge on any atom is -0.495 e. The number of nitrogens with zero attached hydrogens (tertiary/aromatic N) is 3. The molecular formula is C18H28N4O6S. The largest absolute Gasteiger partial charge is 0.495 e. The first kappa shape index (κ1) is 22.9. The van der Waals surface area contributed by atoms with Crippen molar-refractivity contribution in [3.8, 4) is 5.75 Å². The summed E-state index contributed by atoms with van der Waals surface area (Å²) in [5, 5.41) is 14.1. The van der Waals surface area contributed by atoms with E-state index in [1.54, 1.807) is 6.92 Å². The molecule has 1 unspecified atom stereocenters. The molecule has 1 amide bonds. The van der Waals surface area contributed by atoms with Crippen LogP contribution in [-0.2, 0) is 14.8 Å². The summed E-state index contributed by atoms with van der Waals surface area (Å²) < 4.78 is 31.4. The van der Waals surface area contributed by atoms with Crippen LogP contribution in [0.2, 0.25) is 0 Å². The van der Waals surface area contributed by atoms with Crippen LogP contribution in [0.15, 0.2) is 18.2 Å². The zero-order valence-electron chi connectivity index (χ0n) is 17.1. The van der Waals surface area contributed by atoms with Crippen LogP contribution >= 0.6 is 0 Å². The Labute approximate surface area is 171 Å². The first-order valence-corrected chi connectivity index (χ1v) is 11.2. The Morgan fingerprint density at radius 1 is 1.41 bits per heavy atom. The van der Waals surface area contributed by atoms with Gasteiger partial charge >= 0.3 is 0 Å². The number of hydrogen-bond acceptors (Lipinski definition) is 7.